The highest BCUT2D eigenvalue weighted by Crippen LogP contribution is 2.26. The predicted molar refractivity (Wildman–Crippen MR) is 116 cm³/mol. The predicted octanol–water partition coefficient (Wildman–Crippen LogP) is 3.85. The van der Waals surface area contributed by atoms with Gasteiger partial charge in [-0.15, -0.1) is 11.3 Å². The molecule has 1 aliphatic heterocycles. The quantitative estimate of drug-likeness (QED) is 0.610. The summed E-state index contributed by atoms with van der Waals surface area (Å²) >= 11 is 9.06. The van der Waals surface area contributed by atoms with E-state index in [0.717, 1.165) is 28.5 Å². The Morgan fingerprint density at radius 2 is 2.11 bits per heavy atom. The summed E-state index contributed by atoms with van der Waals surface area (Å²) in [5.41, 5.74) is 1.09. The zero-order chi connectivity index (χ0) is 20.0. The van der Waals surface area contributed by atoms with Crippen LogP contribution in [0, 0.1) is 5.92 Å². The lowest BCUT2D eigenvalue weighted by molar-refractivity contribution is -0.125. The molecule has 5 nitrogen and oxygen atoms in total. The maximum Gasteiger partial charge on any atom is 0.252 e. The molecule has 2 aromatic rings. The van der Waals surface area contributed by atoms with Crippen molar-refractivity contribution < 1.29 is 13.2 Å². The topological polar surface area (TPSA) is 66.5 Å². The van der Waals surface area contributed by atoms with Crippen molar-refractivity contribution in [1.82, 2.24) is 9.62 Å². The fourth-order valence-electron chi connectivity index (χ4n) is 3.10. The van der Waals surface area contributed by atoms with E-state index in [2.05, 4.69) is 5.32 Å². The van der Waals surface area contributed by atoms with Crippen molar-refractivity contribution in [3.05, 3.63) is 52.4 Å². The number of nitrogens with one attached hydrogen (secondary N) is 1. The number of hydrogen-bond acceptors (Lipinski definition) is 5. The van der Waals surface area contributed by atoms with Crippen molar-refractivity contribution in [2.24, 2.45) is 5.92 Å². The molecule has 2 heterocycles. The van der Waals surface area contributed by atoms with Crippen molar-refractivity contribution in [3.63, 3.8) is 0 Å². The van der Waals surface area contributed by atoms with Gasteiger partial charge in [-0.25, -0.2) is 8.42 Å². The van der Waals surface area contributed by atoms with Gasteiger partial charge in [-0.2, -0.15) is 16.1 Å². The Morgan fingerprint density at radius 1 is 1.29 bits per heavy atom. The van der Waals surface area contributed by atoms with Gasteiger partial charge >= 0.3 is 0 Å². The van der Waals surface area contributed by atoms with Crippen molar-refractivity contribution in [2.45, 2.75) is 22.8 Å². The van der Waals surface area contributed by atoms with Crippen LogP contribution in [0.2, 0.25) is 5.02 Å². The second-order valence-corrected chi connectivity index (χ2v) is 11.2. The standard InChI is InChI=1S/C19H23ClN2O3S3/c20-17-7-2-1-5-16(17)14-26-12-9-21-19(23)15-6-3-10-22(13-15)28(24,25)18-8-4-11-27-18/h1-2,4-5,7-8,11,15H,3,6,9-10,12-14H2,(H,21,23)/t15-/m1/s1. The van der Waals surface area contributed by atoms with E-state index >= 15 is 0 Å². The number of piperidine rings is 1. The van der Waals surface area contributed by atoms with E-state index < -0.39 is 10.0 Å². The van der Waals surface area contributed by atoms with Crippen molar-refractivity contribution >= 4 is 50.6 Å². The SMILES string of the molecule is O=C(NCCSCc1ccccc1Cl)[C@@H]1CCCN(S(=O)(=O)c2cccs2)C1. The lowest BCUT2D eigenvalue weighted by atomic mass is 9.99. The lowest BCUT2D eigenvalue weighted by Crippen LogP contribution is -2.45. The first-order chi connectivity index (χ1) is 13.5. The third-order valence-corrected chi connectivity index (χ3v) is 9.22. The average Bonchev–Trinajstić information content (AvgIpc) is 3.25. The van der Waals surface area contributed by atoms with Gasteiger partial charge in [0.1, 0.15) is 4.21 Å². The first kappa shape index (κ1) is 21.6. The summed E-state index contributed by atoms with van der Waals surface area (Å²) < 4.78 is 27.1. The molecule has 1 amide bonds. The Kier molecular flexibility index (Phi) is 7.82. The maximum atomic E-state index is 12.7. The van der Waals surface area contributed by atoms with Crippen LogP contribution in [0.15, 0.2) is 46.0 Å². The molecule has 1 aliphatic rings. The highest BCUT2D eigenvalue weighted by atomic mass is 35.5. The Hall–Kier alpha value is -1.06. The van der Waals surface area contributed by atoms with E-state index in [9.17, 15) is 13.2 Å². The summed E-state index contributed by atoms with van der Waals surface area (Å²) in [5, 5.41) is 5.46. The number of amides is 1. The van der Waals surface area contributed by atoms with Crippen LogP contribution in [0.3, 0.4) is 0 Å². The Labute approximate surface area is 179 Å². The number of halogens is 1. The monoisotopic (exact) mass is 458 g/mol. The zero-order valence-corrected chi connectivity index (χ0v) is 18.5. The third kappa shape index (κ3) is 5.51. The summed E-state index contributed by atoms with van der Waals surface area (Å²) in [6.07, 6.45) is 1.42. The minimum atomic E-state index is -3.49. The molecule has 0 aliphatic carbocycles. The summed E-state index contributed by atoms with van der Waals surface area (Å²) in [4.78, 5) is 12.5. The molecule has 1 aromatic heterocycles. The molecular formula is C19H23ClN2O3S3. The summed E-state index contributed by atoms with van der Waals surface area (Å²) in [5.74, 6) is 1.22. The van der Waals surface area contributed by atoms with Gasteiger partial charge in [0.05, 0.1) is 5.92 Å². The van der Waals surface area contributed by atoms with E-state index in [4.69, 9.17) is 11.6 Å². The van der Waals surface area contributed by atoms with Crippen molar-refractivity contribution in [2.75, 3.05) is 25.4 Å². The minimum Gasteiger partial charge on any atom is -0.355 e. The second-order valence-electron chi connectivity index (χ2n) is 6.57. The van der Waals surface area contributed by atoms with E-state index in [1.807, 2.05) is 24.3 Å². The van der Waals surface area contributed by atoms with Crippen LogP contribution in [0.4, 0.5) is 0 Å². The fourth-order valence-corrected chi connectivity index (χ4v) is 6.91. The number of carbonyl (C=O) groups is 1. The largest absolute Gasteiger partial charge is 0.355 e. The Bertz CT molecular complexity index is 888. The molecule has 152 valence electrons. The van der Waals surface area contributed by atoms with Gasteiger partial charge in [-0.3, -0.25) is 4.79 Å². The maximum absolute atomic E-state index is 12.7. The molecule has 9 heteroatoms. The molecule has 0 saturated carbocycles. The lowest BCUT2D eigenvalue weighted by Gasteiger charge is -2.30. The summed E-state index contributed by atoms with van der Waals surface area (Å²) in [6, 6.07) is 11.1. The number of nitrogens with zero attached hydrogens (tertiary/aromatic N) is 1. The molecule has 0 unspecified atom stereocenters. The van der Waals surface area contributed by atoms with Crippen LogP contribution < -0.4 is 5.32 Å². The van der Waals surface area contributed by atoms with Gasteiger partial charge in [-0.1, -0.05) is 35.9 Å². The summed E-state index contributed by atoms with van der Waals surface area (Å²) in [6.45, 7) is 1.28. The molecule has 1 fully saturated rings. The Morgan fingerprint density at radius 3 is 2.86 bits per heavy atom. The molecule has 1 aromatic carbocycles. The van der Waals surface area contributed by atoms with Gasteiger partial charge in [0.15, 0.2) is 0 Å². The number of rotatable bonds is 8. The van der Waals surface area contributed by atoms with Crippen molar-refractivity contribution in [1.29, 1.82) is 0 Å². The molecule has 0 bridgehead atoms. The zero-order valence-electron chi connectivity index (χ0n) is 15.3. The first-order valence-electron chi connectivity index (χ1n) is 9.11. The molecule has 1 N–H and O–H groups in total. The number of hydrogen-bond donors (Lipinski definition) is 1. The molecule has 0 radical (unpaired) electrons. The van der Waals surface area contributed by atoms with Crippen LogP contribution >= 0.6 is 34.7 Å². The number of thiophene rings is 1. The number of benzene rings is 1. The third-order valence-electron chi connectivity index (χ3n) is 4.61. The molecule has 1 saturated heterocycles. The number of sulfonamides is 1. The van der Waals surface area contributed by atoms with Crippen LogP contribution in [0.25, 0.3) is 0 Å². The second kappa shape index (κ2) is 10.1. The summed E-state index contributed by atoms with van der Waals surface area (Å²) in [7, 11) is -3.49. The Balaban J connectivity index is 1.44. The van der Waals surface area contributed by atoms with Crippen LogP contribution in [-0.4, -0.2) is 44.0 Å². The molecule has 3 rings (SSSR count). The normalized spacial score (nSPS) is 18.1. The number of carbonyl (C=O) groups excluding carboxylic acids is 1. The molecule has 0 spiro atoms. The van der Waals surface area contributed by atoms with E-state index in [1.165, 1.54) is 15.6 Å². The van der Waals surface area contributed by atoms with E-state index in [-0.39, 0.29) is 18.4 Å². The van der Waals surface area contributed by atoms with E-state index in [1.54, 1.807) is 29.3 Å². The van der Waals surface area contributed by atoms with Gasteiger partial charge in [0.25, 0.3) is 10.0 Å². The molecular weight excluding hydrogens is 436 g/mol. The highest BCUT2D eigenvalue weighted by Gasteiger charge is 2.33. The highest BCUT2D eigenvalue weighted by molar-refractivity contribution is 7.98. The minimum absolute atomic E-state index is 0.0653. The van der Waals surface area contributed by atoms with Crippen LogP contribution in [-0.2, 0) is 20.6 Å². The van der Waals surface area contributed by atoms with Crippen LogP contribution in [0.5, 0.6) is 0 Å². The average molecular weight is 459 g/mol. The number of thioether (sulfide) groups is 1. The molecule has 28 heavy (non-hydrogen) atoms. The smallest absolute Gasteiger partial charge is 0.252 e. The van der Waals surface area contributed by atoms with Gasteiger partial charge in [-0.05, 0) is 35.9 Å². The van der Waals surface area contributed by atoms with Gasteiger partial charge in [0, 0.05) is 36.2 Å². The fraction of sp³-hybridized carbons (Fsp3) is 0.421. The first-order valence-corrected chi connectivity index (χ1v) is 13.0. The van der Waals surface area contributed by atoms with Gasteiger partial charge in [0.2, 0.25) is 5.91 Å². The van der Waals surface area contributed by atoms with E-state index in [0.29, 0.717) is 23.7 Å². The van der Waals surface area contributed by atoms with Gasteiger partial charge < -0.3 is 5.32 Å². The molecule has 1 atom stereocenters. The van der Waals surface area contributed by atoms with Crippen molar-refractivity contribution in [3.8, 4) is 0 Å². The van der Waals surface area contributed by atoms with Crippen LogP contribution in [0.1, 0.15) is 18.4 Å².